The minimum atomic E-state index is -0.791. The van der Waals surface area contributed by atoms with Gasteiger partial charge in [-0.25, -0.2) is 0 Å². The summed E-state index contributed by atoms with van der Waals surface area (Å²) in [6.45, 7) is 0. The third kappa shape index (κ3) is 3.43. The zero-order valence-corrected chi connectivity index (χ0v) is 16.4. The van der Waals surface area contributed by atoms with Gasteiger partial charge in [0.25, 0.3) is 0 Å². The van der Waals surface area contributed by atoms with E-state index in [-0.39, 0.29) is 0 Å². The van der Waals surface area contributed by atoms with Crippen molar-refractivity contribution in [2.24, 2.45) is 0 Å². The van der Waals surface area contributed by atoms with E-state index in [1.807, 2.05) is 78.9 Å². The van der Waals surface area contributed by atoms with Crippen molar-refractivity contribution in [3.8, 4) is 5.75 Å². The second-order valence-corrected chi connectivity index (χ2v) is 7.08. The van der Waals surface area contributed by atoms with Gasteiger partial charge in [0.15, 0.2) is 0 Å². The highest BCUT2D eigenvalue weighted by molar-refractivity contribution is 5.53. The Bertz CT molecular complexity index is 929. The summed E-state index contributed by atoms with van der Waals surface area (Å²) >= 11 is 0. The smallest absolute Gasteiger partial charge is 0.118 e. The number of methoxy groups -OCH3 is 1. The quantitative estimate of drug-likeness (QED) is 0.431. The maximum absolute atomic E-state index is 11.9. The molecular formula is C27H24O2. The third-order valence-electron chi connectivity index (χ3n) is 5.53. The van der Waals surface area contributed by atoms with Crippen molar-refractivity contribution < 1.29 is 9.84 Å². The first-order valence-electron chi connectivity index (χ1n) is 9.75. The maximum Gasteiger partial charge on any atom is 0.118 e. The van der Waals surface area contributed by atoms with Crippen LogP contribution in [0.4, 0.5) is 0 Å². The minimum Gasteiger partial charge on any atom is -0.497 e. The lowest BCUT2D eigenvalue weighted by molar-refractivity contribution is 0.122. The van der Waals surface area contributed by atoms with E-state index in [2.05, 4.69) is 36.4 Å². The number of aliphatic hydroxyl groups excluding tert-OH is 1. The number of rotatable bonds is 6. The van der Waals surface area contributed by atoms with Gasteiger partial charge in [0.1, 0.15) is 5.75 Å². The van der Waals surface area contributed by atoms with E-state index in [4.69, 9.17) is 4.74 Å². The first kappa shape index (κ1) is 19.0. The van der Waals surface area contributed by atoms with E-state index in [9.17, 15) is 5.11 Å². The topological polar surface area (TPSA) is 29.5 Å². The van der Waals surface area contributed by atoms with Crippen molar-refractivity contribution in [1.29, 1.82) is 0 Å². The lowest BCUT2D eigenvalue weighted by atomic mass is 9.64. The molecule has 0 heterocycles. The Morgan fingerprint density at radius 2 is 0.966 bits per heavy atom. The molecule has 2 nitrogen and oxygen atoms in total. The summed E-state index contributed by atoms with van der Waals surface area (Å²) in [6, 6.07) is 38.4. The molecule has 0 fully saturated rings. The van der Waals surface area contributed by atoms with Gasteiger partial charge in [-0.15, -0.1) is 0 Å². The molecule has 1 N–H and O–H groups in total. The molecule has 1 atom stereocenters. The zero-order chi connectivity index (χ0) is 20.1. The molecular weight excluding hydrogens is 356 g/mol. The van der Waals surface area contributed by atoms with Crippen LogP contribution in [0.2, 0.25) is 0 Å². The van der Waals surface area contributed by atoms with E-state index < -0.39 is 11.5 Å². The average Bonchev–Trinajstić information content (AvgIpc) is 2.82. The fraction of sp³-hybridized carbons (Fsp3) is 0.111. The molecule has 0 aliphatic carbocycles. The molecule has 2 heteroatoms. The number of ether oxygens (including phenoxy) is 1. The molecule has 0 aliphatic rings. The molecule has 0 saturated heterocycles. The summed E-state index contributed by atoms with van der Waals surface area (Å²) in [5.74, 6) is 0.769. The summed E-state index contributed by atoms with van der Waals surface area (Å²) in [7, 11) is 1.65. The van der Waals surface area contributed by atoms with Crippen molar-refractivity contribution in [3.63, 3.8) is 0 Å². The molecule has 1 unspecified atom stereocenters. The lowest BCUT2D eigenvalue weighted by Gasteiger charge is -2.40. The molecule has 144 valence electrons. The van der Waals surface area contributed by atoms with E-state index in [1.165, 1.54) is 0 Å². The fourth-order valence-electron chi connectivity index (χ4n) is 4.11. The van der Waals surface area contributed by atoms with Crippen LogP contribution in [0.1, 0.15) is 28.4 Å². The molecule has 29 heavy (non-hydrogen) atoms. The summed E-state index contributed by atoms with van der Waals surface area (Å²) in [5.41, 5.74) is 3.21. The fourth-order valence-corrected chi connectivity index (χ4v) is 4.11. The van der Waals surface area contributed by atoms with Gasteiger partial charge in [0.05, 0.1) is 18.6 Å². The number of hydrogen-bond acceptors (Lipinski definition) is 2. The van der Waals surface area contributed by atoms with Gasteiger partial charge >= 0.3 is 0 Å². The maximum atomic E-state index is 11.9. The van der Waals surface area contributed by atoms with Crippen LogP contribution in [0.3, 0.4) is 0 Å². The lowest BCUT2D eigenvalue weighted by Crippen LogP contribution is -2.36. The molecule has 0 radical (unpaired) electrons. The van der Waals surface area contributed by atoms with Gasteiger partial charge in [-0.3, -0.25) is 0 Å². The van der Waals surface area contributed by atoms with Crippen LogP contribution in [0.15, 0.2) is 115 Å². The van der Waals surface area contributed by atoms with Crippen LogP contribution in [0.25, 0.3) is 0 Å². The molecule has 4 aromatic rings. The SMILES string of the molecule is COc1ccc(C(O)C(c2ccccc2)(c2ccccc2)c2ccccc2)cc1. The second kappa shape index (κ2) is 8.34. The van der Waals surface area contributed by atoms with Crippen LogP contribution < -0.4 is 4.74 Å². The molecule has 4 rings (SSSR count). The van der Waals surface area contributed by atoms with Crippen molar-refractivity contribution in [2.75, 3.05) is 7.11 Å². The highest BCUT2D eigenvalue weighted by atomic mass is 16.5. The Hall–Kier alpha value is -3.36. The van der Waals surface area contributed by atoms with Gasteiger partial charge in [-0.2, -0.15) is 0 Å². The standard InChI is InChI=1S/C27H24O2/c1-29-25-19-17-21(18-20-25)26(28)27(22-11-5-2-6-12-22,23-13-7-3-8-14-23)24-15-9-4-10-16-24/h2-20,26,28H,1H3. The molecule has 0 amide bonds. The second-order valence-electron chi connectivity index (χ2n) is 7.08. The largest absolute Gasteiger partial charge is 0.497 e. The van der Waals surface area contributed by atoms with Gasteiger partial charge in [0, 0.05) is 0 Å². The Morgan fingerprint density at radius 1 is 0.586 bits per heavy atom. The zero-order valence-electron chi connectivity index (χ0n) is 16.4. The summed E-state index contributed by atoms with van der Waals surface area (Å²) < 4.78 is 5.31. The van der Waals surface area contributed by atoms with Crippen LogP contribution in [-0.2, 0) is 5.41 Å². The van der Waals surface area contributed by atoms with Crippen LogP contribution in [0.5, 0.6) is 5.75 Å². The van der Waals surface area contributed by atoms with E-state index in [0.29, 0.717) is 0 Å². The van der Waals surface area contributed by atoms with Gasteiger partial charge in [0.2, 0.25) is 0 Å². The first-order valence-corrected chi connectivity index (χ1v) is 9.75. The number of benzene rings is 4. The summed E-state index contributed by atoms with van der Waals surface area (Å²) in [4.78, 5) is 0. The molecule has 0 saturated carbocycles. The highest BCUT2D eigenvalue weighted by Crippen LogP contribution is 2.48. The summed E-state index contributed by atoms with van der Waals surface area (Å²) in [5, 5.41) is 11.9. The van der Waals surface area contributed by atoms with Crippen molar-refractivity contribution in [1.82, 2.24) is 0 Å². The van der Waals surface area contributed by atoms with Crippen molar-refractivity contribution in [3.05, 3.63) is 138 Å². The van der Waals surface area contributed by atoms with Crippen LogP contribution in [-0.4, -0.2) is 12.2 Å². The Morgan fingerprint density at radius 3 is 1.31 bits per heavy atom. The van der Waals surface area contributed by atoms with Gasteiger partial charge in [-0.05, 0) is 34.4 Å². The Kier molecular flexibility index (Phi) is 5.46. The van der Waals surface area contributed by atoms with Gasteiger partial charge in [-0.1, -0.05) is 103 Å². The van der Waals surface area contributed by atoms with E-state index in [1.54, 1.807) is 7.11 Å². The summed E-state index contributed by atoms with van der Waals surface area (Å²) in [6.07, 6.45) is -0.791. The predicted octanol–water partition coefficient (Wildman–Crippen LogP) is 5.76. The van der Waals surface area contributed by atoms with E-state index >= 15 is 0 Å². The van der Waals surface area contributed by atoms with E-state index in [0.717, 1.165) is 28.0 Å². The van der Waals surface area contributed by atoms with Crippen molar-refractivity contribution in [2.45, 2.75) is 11.5 Å². The molecule has 4 aromatic carbocycles. The van der Waals surface area contributed by atoms with Crippen LogP contribution in [0, 0.1) is 0 Å². The Balaban J connectivity index is 2.01. The molecule has 0 bridgehead atoms. The average molecular weight is 380 g/mol. The third-order valence-corrected chi connectivity index (χ3v) is 5.53. The first-order chi connectivity index (χ1) is 14.3. The molecule has 0 aliphatic heterocycles. The predicted molar refractivity (Wildman–Crippen MR) is 117 cm³/mol. The Labute approximate surface area is 172 Å². The minimum absolute atomic E-state index is 0.752. The number of hydrogen-bond donors (Lipinski definition) is 1. The molecule has 0 aromatic heterocycles. The highest BCUT2D eigenvalue weighted by Gasteiger charge is 2.43. The molecule has 0 spiro atoms. The van der Waals surface area contributed by atoms with Gasteiger partial charge < -0.3 is 9.84 Å². The normalized spacial score (nSPS) is 12.3. The number of aliphatic hydroxyl groups is 1. The van der Waals surface area contributed by atoms with Crippen molar-refractivity contribution >= 4 is 0 Å². The monoisotopic (exact) mass is 380 g/mol. The van der Waals surface area contributed by atoms with Crippen LogP contribution >= 0.6 is 0 Å².